The number of fused-ring (bicyclic) bond motifs is 1. The lowest BCUT2D eigenvalue weighted by atomic mass is 10.1. The number of halogens is 2. The Morgan fingerprint density at radius 1 is 1.60 bits per heavy atom. The lowest BCUT2D eigenvalue weighted by Gasteiger charge is -2.20. The molecule has 7 heteroatoms. The van der Waals surface area contributed by atoms with Crippen molar-refractivity contribution in [2.45, 2.75) is 19.0 Å². The number of hydrogen-bond acceptors (Lipinski definition) is 4. The fourth-order valence-electron chi connectivity index (χ4n) is 1.48. The lowest BCUT2D eigenvalue weighted by molar-refractivity contribution is -0.143. The van der Waals surface area contributed by atoms with Crippen molar-refractivity contribution in [2.75, 3.05) is 7.11 Å². The largest absolute Gasteiger partial charge is 0.468 e. The summed E-state index contributed by atoms with van der Waals surface area (Å²) >= 11 is 0. The third-order valence-corrected chi connectivity index (χ3v) is 2.22. The van der Waals surface area contributed by atoms with Crippen molar-refractivity contribution in [3.8, 4) is 0 Å². The Labute approximate surface area is 99.8 Å². The summed E-state index contributed by atoms with van der Waals surface area (Å²) in [7, 11) is 1.39. The van der Waals surface area contributed by atoms with Gasteiger partial charge in [0.15, 0.2) is 0 Å². The maximum absolute atomic E-state index is 11.2. The molecule has 2 N–H and O–H groups in total. The zero-order valence-corrected chi connectivity index (χ0v) is 9.78. The molecule has 0 fully saturated rings. The number of H-pyrrole nitrogens is 1. The Hall–Kier alpha value is -0.780. The predicted molar refractivity (Wildman–Crippen MR) is 59.4 cm³/mol. The molecule has 15 heavy (non-hydrogen) atoms. The van der Waals surface area contributed by atoms with Crippen molar-refractivity contribution in [1.82, 2.24) is 15.3 Å². The molecule has 1 atom stereocenters. The first kappa shape index (κ1) is 14.2. The topological polar surface area (TPSA) is 67.0 Å². The third-order valence-electron chi connectivity index (χ3n) is 2.22. The highest BCUT2D eigenvalue weighted by atomic mass is 35.5. The molecule has 0 aliphatic carbocycles. The summed E-state index contributed by atoms with van der Waals surface area (Å²) < 4.78 is 4.64. The third kappa shape index (κ3) is 2.84. The van der Waals surface area contributed by atoms with Crippen LogP contribution in [0.1, 0.15) is 11.4 Å². The van der Waals surface area contributed by atoms with E-state index in [0.29, 0.717) is 13.0 Å². The second-order valence-corrected chi connectivity index (χ2v) is 2.99. The molecule has 1 aliphatic rings. The summed E-state index contributed by atoms with van der Waals surface area (Å²) in [4.78, 5) is 18.3. The maximum Gasteiger partial charge on any atom is 0.323 e. The normalized spacial score (nSPS) is 18.1. The lowest BCUT2D eigenvalue weighted by Crippen LogP contribution is -2.42. The Morgan fingerprint density at radius 3 is 3.00 bits per heavy atom. The minimum Gasteiger partial charge on any atom is -0.468 e. The summed E-state index contributed by atoms with van der Waals surface area (Å²) in [5, 5.41) is 3.07. The highest BCUT2D eigenvalue weighted by Crippen LogP contribution is 2.12. The molecule has 0 saturated carbocycles. The molecule has 1 aliphatic heterocycles. The van der Waals surface area contributed by atoms with Crippen LogP contribution in [0.25, 0.3) is 0 Å². The van der Waals surface area contributed by atoms with Crippen LogP contribution in [-0.2, 0) is 22.5 Å². The Bertz CT molecular complexity index is 329. The molecule has 2 heterocycles. The van der Waals surface area contributed by atoms with Gasteiger partial charge in [-0.25, -0.2) is 4.98 Å². The van der Waals surface area contributed by atoms with Crippen molar-refractivity contribution in [1.29, 1.82) is 0 Å². The number of carbonyl (C=O) groups is 1. The fourth-order valence-corrected chi connectivity index (χ4v) is 1.48. The van der Waals surface area contributed by atoms with Crippen LogP contribution < -0.4 is 5.32 Å². The molecule has 0 aromatic carbocycles. The smallest absolute Gasteiger partial charge is 0.323 e. The number of imidazole rings is 1. The Morgan fingerprint density at radius 2 is 2.33 bits per heavy atom. The van der Waals surface area contributed by atoms with Crippen LogP contribution in [0.15, 0.2) is 6.33 Å². The number of ether oxygens (including phenoxy) is 1. The molecule has 86 valence electrons. The van der Waals surface area contributed by atoms with Crippen LogP contribution in [-0.4, -0.2) is 29.1 Å². The first-order valence-electron chi connectivity index (χ1n) is 4.13. The zero-order chi connectivity index (χ0) is 9.26. The molecular weight excluding hydrogens is 241 g/mol. The van der Waals surface area contributed by atoms with Crippen LogP contribution in [0.3, 0.4) is 0 Å². The van der Waals surface area contributed by atoms with Crippen molar-refractivity contribution in [3.63, 3.8) is 0 Å². The van der Waals surface area contributed by atoms with E-state index in [9.17, 15) is 4.79 Å². The van der Waals surface area contributed by atoms with Gasteiger partial charge in [0.1, 0.15) is 6.04 Å². The van der Waals surface area contributed by atoms with Crippen molar-refractivity contribution in [2.24, 2.45) is 0 Å². The molecule has 0 unspecified atom stereocenters. The van der Waals surface area contributed by atoms with Gasteiger partial charge in [-0.05, 0) is 0 Å². The number of esters is 1. The molecule has 1 aromatic heterocycles. The number of hydrogen-bond donors (Lipinski definition) is 2. The van der Waals surface area contributed by atoms with E-state index in [2.05, 4.69) is 20.0 Å². The molecule has 0 spiro atoms. The van der Waals surface area contributed by atoms with Gasteiger partial charge in [-0.15, -0.1) is 24.8 Å². The Kier molecular flexibility index (Phi) is 5.64. The molecule has 1 aromatic rings. The Balaban J connectivity index is 0.000000980. The minimum atomic E-state index is -0.249. The van der Waals surface area contributed by atoms with Crippen molar-refractivity contribution < 1.29 is 9.53 Å². The first-order chi connectivity index (χ1) is 6.31. The molecule has 0 amide bonds. The van der Waals surface area contributed by atoms with Gasteiger partial charge in [-0.1, -0.05) is 0 Å². The molecule has 0 bridgehead atoms. The van der Waals surface area contributed by atoms with Gasteiger partial charge in [0.25, 0.3) is 0 Å². The van der Waals surface area contributed by atoms with Crippen LogP contribution >= 0.6 is 24.8 Å². The van der Waals surface area contributed by atoms with E-state index in [-0.39, 0.29) is 36.8 Å². The van der Waals surface area contributed by atoms with E-state index in [1.54, 1.807) is 6.33 Å². The van der Waals surface area contributed by atoms with Crippen LogP contribution in [0.4, 0.5) is 0 Å². The molecule has 5 nitrogen and oxygen atoms in total. The number of aromatic amines is 1. The second kappa shape index (κ2) is 5.95. The van der Waals surface area contributed by atoms with Gasteiger partial charge < -0.3 is 9.72 Å². The number of nitrogens with one attached hydrogen (secondary N) is 2. The monoisotopic (exact) mass is 253 g/mol. The average Bonchev–Trinajstić information content (AvgIpc) is 2.63. The van der Waals surface area contributed by atoms with Crippen molar-refractivity contribution >= 4 is 30.8 Å². The van der Waals surface area contributed by atoms with Crippen LogP contribution in [0.2, 0.25) is 0 Å². The van der Waals surface area contributed by atoms with Crippen LogP contribution in [0.5, 0.6) is 0 Å². The van der Waals surface area contributed by atoms with E-state index in [0.717, 1.165) is 11.4 Å². The van der Waals surface area contributed by atoms with Gasteiger partial charge in [0.05, 0.1) is 24.8 Å². The van der Waals surface area contributed by atoms with Gasteiger partial charge in [-0.3, -0.25) is 10.1 Å². The van der Waals surface area contributed by atoms with Gasteiger partial charge in [-0.2, -0.15) is 0 Å². The predicted octanol–water partition coefficient (Wildman–Crippen LogP) is 0.441. The van der Waals surface area contributed by atoms with E-state index in [1.807, 2.05) is 0 Å². The van der Waals surface area contributed by atoms with E-state index in [4.69, 9.17) is 0 Å². The number of rotatable bonds is 1. The summed E-state index contributed by atoms with van der Waals surface area (Å²) in [6.45, 7) is 0.648. The average molecular weight is 254 g/mol. The van der Waals surface area contributed by atoms with E-state index >= 15 is 0 Å². The molecule has 2 rings (SSSR count). The molecule has 0 saturated heterocycles. The quantitative estimate of drug-likeness (QED) is 0.714. The summed E-state index contributed by atoms with van der Waals surface area (Å²) in [6, 6.07) is -0.249. The minimum absolute atomic E-state index is 0. The number of carbonyl (C=O) groups excluding carboxylic acids is 1. The van der Waals surface area contributed by atoms with E-state index in [1.165, 1.54) is 7.11 Å². The first-order valence-corrected chi connectivity index (χ1v) is 4.13. The summed E-state index contributed by atoms with van der Waals surface area (Å²) in [5.41, 5.74) is 2.01. The van der Waals surface area contributed by atoms with Crippen molar-refractivity contribution in [3.05, 3.63) is 17.7 Å². The number of methoxy groups -OCH3 is 1. The highest BCUT2D eigenvalue weighted by Gasteiger charge is 2.25. The summed E-state index contributed by atoms with van der Waals surface area (Å²) in [6.07, 6.45) is 2.25. The number of nitrogens with zero attached hydrogens (tertiary/aromatic N) is 1. The zero-order valence-electron chi connectivity index (χ0n) is 8.15. The fraction of sp³-hybridized carbons (Fsp3) is 0.500. The van der Waals surface area contributed by atoms with Gasteiger partial charge >= 0.3 is 5.97 Å². The van der Waals surface area contributed by atoms with Crippen LogP contribution in [0, 0.1) is 0 Å². The van der Waals surface area contributed by atoms with E-state index < -0.39 is 0 Å². The maximum atomic E-state index is 11.2. The van der Waals surface area contributed by atoms with Gasteiger partial charge in [0.2, 0.25) is 0 Å². The molecule has 0 radical (unpaired) electrons. The number of aromatic nitrogens is 2. The highest BCUT2D eigenvalue weighted by molar-refractivity contribution is 5.85. The van der Waals surface area contributed by atoms with Gasteiger partial charge in [0, 0.05) is 13.0 Å². The summed E-state index contributed by atoms with van der Waals surface area (Å²) in [5.74, 6) is -0.228. The SMILES string of the molecule is COC(=O)[C@@H]1Cc2nc[nH]c2CN1.Cl.Cl. The standard InChI is InChI=1S/C8H11N3O2.2ClH/c1-13-8(12)6-2-5-7(3-9-6)11-4-10-5;;/h4,6,9H,2-3H2,1H3,(H,10,11);2*1H/t6-;;/m0../s1. The molecular formula is C8H13Cl2N3O2. The second-order valence-electron chi connectivity index (χ2n) is 2.99.